The Labute approximate surface area is 127 Å². The lowest BCUT2D eigenvalue weighted by Crippen LogP contribution is -2.35. The van der Waals surface area contributed by atoms with Crippen LogP contribution in [0.2, 0.25) is 0 Å². The maximum Gasteiger partial charge on any atom is 0.325 e. The van der Waals surface area contributed by atoms with E-state index in [0.29, 0.717) is 13.2 Å². The van der Waals surface area contributed by atoms with Crippen molar-refractivity contribution in [3.63, 3.8) is 0 Å². The number of likely N-dealkylation sites (N-methyl/N-ethyl adjacent to an activating group) is 1. The van der Waals surface area contributed by atoms with Crippen LogP contribution in [0.4, 0.5) is 0 Å². The van der Waals surface area contributed by atoms with Crippen molar-refractivity contribution in [1.82, 2.24) is 4.90 Å². The molecule has 0 spiro atoms. The van der Waals surface area contributed by atoms with Crippen LogP contribution in [0, 0.1) is 0 Å². The minimum atomic E-state index is -0.390. The molecular formula is C15H18BrNO3. The van der Waals surface area contributed by atoms with E-state index in [9.17, 15) is 9.59 Å². The van der Waals surface area contributed by atoms with Crippen molar-refractivity contribution in [2.24, 2.45) is 0 Å². The van der Waals surface area contributed by atoms with E-state index >= 15 is 0 Å². The Kier molecular flexibility index (Phi) is 7.01. The van der Waals surface area contributed by atoms with Crippen LogP contribution in [0.25, 0.3) is 6.08 Å². The molecule has 1 aromatic carbocycles. The lowest BCUT2D eigenvalue weighted by Gasteiger charge is -2.17. The molecule has 0 saturated carbocycles. The van der Waals surface area contributed by atoms with Crippen molar-refractivity contribution in [3.8, 4) is 0 Å². The zero-order chi connectivity index (χ0) is 15.0. The topological polar surface area (TPSA) is 46.6 Å². The van der Waals surface area contributed by atoms with Crippen LogP contribution in [0.3, 0.4) is 0 Å². The number of ether oxygens (including phenoxy) is 1. The SMILES string of the molecule is CCOC(=O)CN(CC)C(=O)/C=C/c1cccc(Br)c1. The number of amides is 1. The molecule has 0 fully saturated rings. The summed E-state index contributed by atoms with van der Waals surface area (Å²) in [5, 5.41) is 0. The van der Waals surface area contributed by atoms with E-state index in [2.05, 4.69) is 15.9 Å². The Morgan fingerprint density at radius 1 is 1.35 bits per heavy atom. The highest BCUT2D eigenvalue weighted by molar-refractivity contribution is 9.10. The predicted octanol–water partition coefficient (Wildman–Crippen LogP) is 2.87. The highest BCUT2D eigenvalue weighted by atomic mass is 79.9. The molecule has 0 bridgehead atoms. The van der Waals surface area contributed by atoms with Crippen LogP contribution in [-0.4, -0.2) is 36.5 Å². The molecule has 0 aromatic heterocycles. The Morgan fingerprint density at radius 3 is 2.70 bits per heavy atom. The summed E-state index contributed by atoms with van der Waals surface area (Å²) in [6.45, 7) is 4.32. The number of halogens is 1. The van der Waals surface area contributed by atoms with Crippen molar-refractivity contribution in [2.75, 3.05) is 19.7 Å². The molecule has 108 valence electrons. The maximum atomic E-state index is 12.0. The third kappa shape index (κ3) is 5.57. The standard InChI is InChI=1S/C15H18BrNO3/c1-3-17(11-15(19)20-4-2)14(18)9-8-12-6-5-7-13(16)10-12/h5-10H,3-4,11H2,1-2H3/b9-8+. The monoisotopic (exact) mass is 339 g/mol. The summed E-state index contributed by atoms with van der Waals surface area (Å²) in [5.74, 6) is -0.598. The number of hydrogen-bond donors (Lipinski definition) is 0. The number of carbonyl (C=O) groups excluding carboxylic acids is 2. The van der Waals surface area contributed by atoms with Gasteiger partial charge in [0, 0.05) is 17.1 Å². The highest BCUT2D eigenvalue weighted by Crippen LogP contribution is 2.12. The van der Waals surface area contributed by atoms with Gasteiger partial charge < -0.3 is 9.64 Å². The molecule has 1 amide bonds. The van der Waals surface area contributed by atoms with Crippen LogP contribution in [0.1, 0.15) is 19.4 Å². The van der Waals surface area contributed by atoms with Gasteiger partial charge in [0.1, 0.15) is 6.54 Å². The van der Waals surface area contributed by atoms with E-state index in [0.717, 1.165) is 10.0 Å². The summed E-state index contributed by atoms with van der Waals surface area (Å²) in [6, 6.07) is 7.62. The molecule has 0 aliphatic carbocycles. The predicted molar refractivity (Wildman–Crippen MR) is 82.1 cm³/mol. The number of benzene rings is 1. The molecule has 0 saturated heterocycles. The Morgan fingerprint density at radius 2 is 2.10 bits per heavy atom. The fourth-order valence-corrected chi connectivity index (χ4v) is 2.01. The first-order valence-electron chi connectivity index (χ1n) is 6.45. The van der Waals surface area contributed by atoms with Gasteiger partial charge in [-0.05, 0) is 37.6 Å². The molecule has 0 aliphatic heterocycles. The Balaban J connectivity index is 2.65. The van der Waals surface area contributed by atoms with E-state index in [1.54, 1.807) is 13.0 Å². The molecule has 0 atom stereocenters. The summed E-state index contributed by atoms with van der Waals surface area (Å²) >= 11 is 3.37. The second kappa shape index (κ2) is 8.53. The number of nitrogens with zero attached hydrogens (tertiary/aromatic N) is 1. The lowest BCUT2D eigenvalue weighted by molar-refractivity contribution is -0.147. The van der Waals surface area contributed by atoms with Crippen molar-refractivity contribution >= 4 is 33.9 Å². The van der Waals surface area contributed by atoms with Crippen molar-refractivity contribution in [1.29, 1.82) is 0 Å². The van der Waals surface area contributed by atoms with Crippen molar-refractivity contribution < 1.29 is 14.3 Å². The average Bonchev–Trinajstić information content (AvgIpc) is 2.42. The molecule has 1 rings (SSSR count). The molecular weight excluding hydrogens is 322 g/mol. The van der Waals surface area contributed by atoms with E-state index in [-0.39, 0.29) is 12.5 Å². The smallest absolute Gasteiger partial charge is 0.325 e. The zero-order valence-corrected chi connectivity index (χ0v) is 13.2. The number of rotatable bonds is 6. The number of esters is 1. The molecule has 20 heavy (non-hydrogen) atoms. The van der Waals surface area contributed by atoms with E-state index in [4.69, 9.17) is 4.74 Å². The van der Waals surface area contributed by atoms with Gasteiger partial charge in [-0.25, -0.2) is 0 Å². The quantitative estimate of drug-likeness (QED) is 0.591. The Hall–Kier alpha value is -1.62. The summed E-state index contributed by atoms with van der Waals surface area (Å²) in [7, 11) is 0. The van der Waals surface area contributed by atoms with E-state index in [1.165, 1.54) is 11.0 Å². The largest absolute Gasteiger partial charge is 0.465 e. The first-order valence-corrected chi connectivity index (χ1v) is 7.24. The van der Waals surface area contributed by atoms with Crippen molar-refractivity contribution in [2.45, 2.75) is 13.8 Å². The summed E-state index contributed by atoms with van der Waals surface area (Å²) < 4.78 is 5.79. The van der Waals surface area contributed by atoms with Crippen LogP contribution < -0.4 is 0 Å². The van der Waals surface area contributed by atoms with Gasteiger partial charge in [-0.1, -0.05) is 28.1 Å². The van der Waals surface area contributed by atoms with E-state index < -0.39 is 5.97 Å². The summed E-state index contributed by atoms with van der Waals surface area (Å²) in [4.78, 5) is 24.8. The summed E-state index contributed by atoms with van der Waals surface area (Å²) in [6.07, 6.45) is 3.19. The van der Waals surface area contributed by atoms with Gasteiger partial charge in [-0.15, -0.1) is 0 Å². The second-order valence-electron chi connectivity index (χ2n) is 4.05. The van der Waals surface area contributed by atoms with Crippen LogP contribution in [0.5, 0.6) is 0 Å². The van der Waals surface area contributed by atoms with Gasteiger partial charge in [0.15, 0.2) is 0 Å². The highest BCUT2D eigenvalue weighted by Gasteiger charge is 2.13. The van der Waals surface area contributed by atoms with Gasteiger partial charge in [-0.3, -0.25) is 9.59 Å². The minimum absolute atomic E-state index is 0.0218. The first kappa shape index (κ1) is 16.4. The zero-order valence-electron chi connectivity index (χ0n) is 11.6. The lowest BCUT2D eigenvalue weighted by atomic mass is 10.2. The third-order valence-electron chi connectivity index (χ3n) is 2.59. The van der Waals surface area contributed by atoms with Gasteiger partial charge in [0.05, 0.1) is 6.61 Å². The molecule has 0 aliphatic rings. The molecule has 0 N–H and O–H groups in total. The van der Waals surface area contributed by atoms with Gasteiger partial charge in [-0.2, -0.15) is 0 Å². The molecule has 0 unspecified atom stereocenters. The van der Waals surface area contributed by atoms with E-state index in [1.807, 2.05) is 31.2 Å². The average molecular weight is 340 g/mol. The molecule has 5 heteroatoms. The fourth-order valence-electron chi connectivity index (χ4n) is 1.59. The normalized spacial score (nSPS) is 10.6. The molecule has 1 aromatic rings. The van der Waals surface area contributed by atoms with Crippen LogP contribution >= 0.6 is 15.9 Å². The molecule has 0 radical (unpaired) electrons. The van der Waals surface area contributed by atoms with Gasteiger partial charge in [0.25, 0.3) is 0 Å². The van der Waals surface area contributed by atoms with Gasteiger partial charge >= 0.3 is 5.97 Å². The second-order valence-corrected chi connectivity index (χ2v) is 4.96. The fraction of sp³-hybridized carbons (Fsp3) is 0.333. The Bertz CT molecular complexity index is 500. The summed E-state index contributed by atoms with van der Waals surface area (Å²) in [5.41, 5.74) is 0.917. The number of hydrogen-bond acceptors (Lipinski definition) is 3. The minimum Gasteiger partial charge on any atom is -0.465 e. The maximum absolute atomic E-state index is 12.0. The molecule has 0 heterocycles. The molecule has 4 nitrogen and oxygen atoms in total. The van der Waals surface area contributed by atoms with Crippen LogP contribution in [0.15, 0.2) is 34.8 Å². The van der Waals surface area contributed by atoms with Gasteiger partial charge in [0.2, 0.25) is 5.91 Å². The third-order valence-corrected chi connectivity index (χ3v) is 3.08. The van der Waals surface area contributed by atoms with Crippen molar-refractivity contribution in [3.05, 3.63) is 40.4 Å². The first-order chi connectivity index (χ1) is 9.56. The number of carbonyl (C=O) groups is 2. The van der Waals surface area contributed by atoms with Crippen LogP contribution in [-0.2, 0) is 14.3 Å².